The van der Waals surface area contributed by atoms with E-state index in [0.29, 0.717) is 0 Å². The summed E-state index contributed by atoms with van der Waals surface area (Å²) in [6.07, 6.45) is 0.859. The number of fused-ring (bicyclic) bond motifs is 1. The predicted octanol–water partition coefficient (Wildman–Crippen LogP) is 1.73. The lowest BCUT2D eigenvalue weighted by Gasteiger charge is -2.12. The number of amides is 2. The first-order valence-corrected chi connectivity index (χ1v) is 6.01. The van der Waals surface area contributed by atoms with Gasteiger partial charge in [0.2, 0.25) is 5.95 Å². The first-order valence-electron chi connectivity index (χ1n) is 6.01. The number of imide groups is 1. The zero-order chi connectivity index (χ0) is 15.9. The van der Waals surface area contributed by atoms with Crippen LogP contribution in [0.15, 0.2) is 36.5 Å². The van der Waals surface area contributed by atoms with E-state index in [9.17, 15) is 23.2 Å². The van der Waals surface area contributed by atoms with Gasteiger partial charge in [-0.05, 0) is 18.2 Å². The summed E-state index contributed by atoms with van der Waals surface area (Å²) in [6, 6.07) is 6.71. The zero-order valence-corrected chi connectivity index (χ0v) is 10.7. The third kappa shape index (κ3) is 2.01. The van der Waals surface area contributed by atoms with E-state index in [0.717, 1.165) is 12.3 Å². The number of hydrogen-bond acceptors (Lipinski definition) is 5. The molecule has 1 aromatic carbocycles. The lowest BCUT2D eigenvalue weighted by molar-refractivity contribution is -0.0588. The molecule has 0 bridgehead atoms. The fraction of sp³-hybridized carbons (Fsp3) is 0. The van der Waals surface area contributed by atoms with E-state index < -0.39 is 35.1 Å². The largest absolute Gasteiger partial charge is 0.367 e. The number of carbonyl (C=O) groups is 3. The molecule has 2 amide bonds. The van der Waals surface area contributed by atoms with Crippen molar-refractivity contribution in [2.45, 2.75) is 0 Å². The number of rotatable bonds is 2. The molecule has 6 nitrogen and oxygen atoms in total. The van der Waals surface area contributed by atoms with Crippen molar-refractivity contribution in [3.8, 4) is 0 Å². The van der Waals surface area contributed by atoms with Crippen molar-refractivity contribution < 1.29 is 28.0 Å². The first kappa shape index (κ1) is 13.8. The second kappa shape index (κ2) is 4.99. The van der Waals surface area contributed by atoms with Crippen LogP contribution in [0.25, 0.3) is 0 Å². The van der Waals surface area contributed by atoms with Crippen LogP contribution in [0.5, 0.6) is 0 Å². The van der Waals surface area contributed by atoms with Crippen LogP contribution in [0.4, 0.5) is 8.78 Å². The van der Waals surface area contributed by atoms with E-state index >= 15 is 0 Å². The van der Waals surface area contributed by atoms with Gasteiger partial charge in [0.05, 0.1) is 11.1 Å². The summed E-state index contributed by atoms with van der Waals surface area (Å²) in [5.41, 5.74) is -0.660. The van der Waals surface area contributed by atoms with Gasteiger partial charge in [0.15, 0.2) is 5.82 Å². The highest BCUT2D eigenvalue weighted by Gasteiger charge is 2.39. The molecule has 1 aromatic heterocycles. The van der Waals surface area contributed by atoms with Gasteiger partial charge in [-0.3, -0.25) is 9.59 Å². The van der Waals surface area contributed by atoms with Gasteiger partial charge < -0.3 is 4.84 Å². The van der Waals surface area contributed by atoms with Crippen molar-refractivity contribution in [1.29, 1.82) is 0 Å². The normalized spacial score (nSPS) is 13.3. The SMILES string of the molecule is O=C(ON1C(=O)c2ccccc2C1=O)c1ccnc(F)c1F. The first-order chi connectivity index (χ1) is 10.5. The molecule has 2 aromatic rings. The molecule has 1 aliphatic rings. The van der Waals surface area contributed by atoms with Crippen LogP contribution >= 0.6 is 0 Å². The van der Waals surface area contributed by atoms with Crippen LogP contribution in [-0.4, -0.2) is 27.8 Å². The van der Waals surface area contributed by atoms with E-state index in [-0.39, 0.29) is 16.2 Å². The second-order valence-electron chi connectivity index (χ2n) is 4.29. The highest BCUT2D eigenvalue weighted by atomic mass is 19.2. The summed E-state index contributed by atoms with van der Waals surface area (Å²) in [4.78, 5) is 43.4. The number of hydroxylamine groups is 2. The maximum atomic E-state index is 13.5. The molecule has 0 radical (unpaired) electrons. The molecule has 0 unspecified atom stereocenters. The summed E-state index contributed by atoms with van der Waals surface area (Å²) >= 11 is 0. The molecule has 0 atom stereocenters. The third-order valence-electron chi connectivity index (χ3n) is 3.00. The Bertz CT molecular complexity index is 787. The summed E-state index contributed by atoms with van der Waals surface area (Å²) in [6.45, 7) is 0. The fourth-order valence-electron chi connectivity index (χ4n) is 1.96. The number of carbonyl (C=O) groups excluding carboxylic acids is 3. The quantitative estimate of drug-likeness (QED) is 0.624. The molecule has 22 heavy (non-hydrogen) atoms. The molecule has 3 rings (SSSR count). The molecule has 110 valence electrons. The summed E-state index contributed by atoms with van der Waals surface area (Å²) in [5, 5.41) is 0.213. The molecule has 0 aliphatic carbocycles. The Kier molecular flexibility index (Phi) is 3.13. The second-order valence-corrected chi connectivity index (χ2v) is 4.29. The average Bonchev–Trinajstić information content (AvgIpc) is 2.75. The molecule has 1 aliphatic heterocycles. The summed E-state index contributed by atoms with van der Waals surface area (Å²) < 4.78 is 26.4. The standard InChI is InChI=1S/C14H6F2N2O4/c15-10-9(5-6-17-11(10)16)14(21)22-18-12(19)7-3-1-2-4-8(7)13(18)20/h1-6H. The number of hydrogen-bond donors (Lipinski definition) is 0. The Labute approximate surface area is 121 Å². The number of benzene rings is 1. The van der Waals surface area contributed by atoms with E-state index in [1.165, 1.54) is 24.3 Å². The van der Waals surface area contributed by atoms with Crippen molar-refractivity contribution in [2.24, 2.45) is 0 Å². The van der Waals surface area contributed by atoms with Crippen LogP contribution in [0.1, 0.15) is 31.1 Å². The molecule has 0 saturated heterocycles. The molecular formula is C14H6F2N2O4. The minimum atomic E-state index is -1.52. The average molecular weight is 304 g/mol. The maximum Gasteiger partial charge on any atom is 0.367 e. The number of nitrogens with zero attached hydrogens (tertiary/aromatic N) is 2. The monoisotopic (exact) mass is 304 g/mol. The third-order valence-corrected chi connectivity index (χ3v) is 3.00. The van der Waals surface area contributed by atoms with Crippen molar-refractivity contribution >= 4 is 17.8 Å². The molecule has 0 spiro atoms. The zero-order valence-electron chi connectivity index (χ0n) is 10.7. The highest BCUT2D eigenvalue weighted by Crippen LogP contribution is 2.23. The van der Waals surface area contributed by atoms with Gasteiger partial charge in [0.1, 0.15) is 5.56 Å². The summed E-state index contributed by atoms with van der Waals surface area (Å²) in [5.74, 6) is -6.11. The molecular weight excluding hydrogens is 298 g/mol. The molecule has 2 heterocycles. The van der Waals surface area contributed by atoms with Crippen molar-refractivity contribution in [3.63, 3.8) is 0 Å². The van der Waals surface area contributed by atoms with Gasteiger partial charge in [0, 0.05) is 6.20 Å². The minimum absolute atomic E-state index is 0.0571. The van der Waals surface area contributed by atoms with Crippen molar-refractivity contribution in [1.82, 2.24) is 10.0 Å². The van der Waals surface area contributed by atoms with Crippen LogP contribution in [-0.2, 0) is 4.84 Å². The Morgan fingerprint density at radius 1 is 1.05 bits per heavy atom. The number of aromatic nitrogens is 1. The van der Waals surface area contributed by atoms with E-state index in [4.69, 9.17) is 0 Å². The highest BCUT2D eigenvalue weighted by molar-refractivity contribution is 6.21. The molecule has 0 saturated carbocycles. The van der Waals surface area contributed by atoms with Crippen molar-refractivity contribution in [2.75, 3.05) is 0 Å². The molecule has 0 N–H and O–H groups in total. The molecule has 8 heteroatoms. The maximum absolute atomic E-state index is 13.5. The van der Waals surface area contributed by atoms with Crippen LogP contribution < -0.4 is 0 Å². The van der Waals surface area contributed by atoms with Crippen LogP contribution in [0.3, 0.4) is 0 Å². The smallest absolute Gasteiger partial charge is 0.324 e. The van der Waals surface area contributed by atoms with Gasteiger partial charge in [-0.25, -0.2) is 14.2 Å². The number of halogens is 2. The predicted molar refractivity (Wildman–Crippen MR) is 66.5 cm³/mol. The Balaban J connectivity index is 1.89. The Morgan fingerprint density at radius 2 is 1.64 bits per heavy atom. The fourth-order valence-corrected chi connectivity index (χ4v) is 1.96. The van der Waals surface area contributed by atoms with E-state index in [2.05, 4.69) is 9.82 Å². The lowest BCUT2D eigenvalue weighted by Crippen LogP contribution is -2.33. The van der Waals surface area contributed by atoms with Crippen molar-refractivity contribution in [3.05, 3.63) is 65.0 Å². The van der Waals surface area contributed by atoms with E-state index in [1.54, 1.807) is 0 Å². The van der Waals surface area contributed by atoms with Crippen LogP contribution in [0, 0.1) is 11.8 Å². The Morgan fingerprint density at radius 3 is 2.23 bits per heavy atom. The van der Waals surface area contributed by atoms with Crippen LogP contribution in [0.2, 0.25) is 0 Å². The topological polar surface area (TPSA) is 76.6 Å². The number of pyridine rings is 1. The van der Waals surface area contributed by atoms with Gasteiger partial charge in [-0.1, -0.05) is 17.2 Å². The lowest BCUT2D eigenvalue weighted by atomic mass is 10.1. The van der Waals surface area contributed by atoms with Gasteiger partial charge in [-0.2, -0.15) is 4.39 Å². The van der Waals surface area contributed by atoms with Gasteiger partial charge in [-0.15, -0.1) is 0 Å². The molecule has 0 fully saturated rings. The Hall–Kier alpha value is -3.16. The van der Waals surface area contributed by atoms with Gasteiger partial charge in [0.25, 0.3) is 11.8 Å². The van der Waals surface area contributed by atoms with E-state index in [1.807, 2.05) is 0 Å². The van der Waals surface area contributed by atoms with Gasteiger partial charge >= 0.3 is 5.97 Å². The summed E-state index contributed by atoms with van der Waals surface area (Å²) in [7, 11) is 0. The minimum Gasteiger partial charge on any atom is -0.324 e.